The summed E-state index contributed by atoms with van der Waals surface area (Å²) in [5.41, 5.74) is 1.08. The van der Waals surface area contributed by atoms with Gasteiger partial charge in [0.1, 0.15) is 5.82 Å². The van der Waals surface area contributed by atoms with Crippen LogP contribution in [-0.4, -0.2) is 58.8 Å². The Morgan fingerprint density at radius 1 is 1.06 bits per heavy atom. The van der Waals surface area contributed by atoms with Crippen LogP contribution >= 0.6 is 0 Å². The maximum absolute atomic E-state index is 14.0. The number of hydrogen-bond donors (Lipinski definition) is 1. The van der Waals surface area contributed by atoms with Crippen molar-refractivity contribution in [3.63, 3.8) is 0 Å². The van der Waals surface area contributed by atoms with Crippen molar-refractivity contribution in [1.29, 1.82) is 0 Å². The van der Waals surface area contributed by atoms with Crippen LogP contribution in [0.5, 0.6) is 0 Å². The van der Waals surface area contributed by atoms with Gasteiger partial charge in [0, 0.05) is 45.1 Å². The van der Waals surface area contributed by atoms with Crippen molar-refractivity contribution in [3.8, 4) is 0 Å². The van der Waals surface area contributed by atoms with E-state index in [-0.39, 0.29) is 23.4 Å². The number of benzene rings is 1. The molecule has 1 aromatic carbocycles. The number of nitrogens with one attached hydrogen (secondary N) is 1. The summed E-state index contributed by atoms with van der Waals surface area (Å²) >= 11 is 0. The molecule has 1 aliphatic carbocycles. The fourth-order valence-electron chi connectivity index (χ4n) is 4.76. The molecule has 1 aliphatic heterocycles. The van der Waals surface area contributed by atoms with Gasteiger partial charge in [-0.1, -0.05) is 31.0 Å². The molecule has 1 unspecified atom stereocenters. The molecule has 1 saturated carbocycles. The average Bonchev–Trinajstić information content (AvgIpc) is 3.33. The van der Waals surface area contributed by atoms with E-state index in [4.69, 9.17) is 0 Å². The molecule has 1 N–H and O–H groups in total. The smallest absolute Gasteiger partial charge is 0.256 e. The summed E-state index contributed by atoms with van der Waals surface area (Å²) in [6.45, 7) is 2.67. The normalized spacial score (nSPS) is 18.7. The zero-order chi connectivity index (χ0) is 21.6. The van der Waals surface area contributed by atoms with E-state index in [1.807, 2.05) is 12.1 Å². The third-order valence-corrected chi connectivity index (χ3v) is 6.40. The summed E-state index contributed by atoms with van der Waals surface area (Å²) in [5, 5.41) is 3.09. The van der Waals surface area contributed by atoms with E-state index < -0.39 is 5.82 Å². The van der Waals surface area contributed by atoms with Crippen molar-refractivity contribution in [2.75, 3.05) is 26.2 Å². The van der Waals surface area contributed by atoms with Crippen LogP contribution in [0, 0.1) is 11.7 Å². The molecule has 2 fully saturated rings. The second-order valence-corrected chi connectivity index (χ2v) is 8.38. The number of piperazine rings is 1. The van der Waals surface area contributed by atoms with Crippen molar-refractivity contribution in [3.05, 3.63) is 65.7 Å². The minimum Gasteiger partial charge on any atom is -0.351 e. The van der Waals surface area contributed by atoms with Gasteiger partial charge in [0.05, 0.1) is 11.6 Å². The van der Waals surface area contributed by atoms with Gasteiger partial charge in [-0.15, -0.1) is 0 Å². The highest BCUT2D eigenvalue weighted by molar-refractivity contribution is 5.94. The molecule has 0 spiro atoms. The molecular formula is C24H29FN4O2. The Labute approximate surface area is 182 Å². The summed E-state index contributed by atoms with van der Waals surface area (Å²) < 4.78 is 14.0. The van der Waals surface area contributed by atoms with Crippen LogP contribution in [0.3, 0.4) is 0 Å². The van der Waals surface area contributed by atoms with E-state index >= 15 is 0 Å². The third kappa shape index (κ3) is 5.10. The molecule has 0 bridgehead atoms. The molecule has 7 heteroatoms. The first-order chi connectivity index (χ1) is 15.1. The van der Waals surface area contributed by atoms with E-state index in [1.54, 1.807) is 29.4 Å². The predicted molar refractivity (Wildman–Crippen MR) is 116 cm³/mol. The van der Waals surface area contributed by atoms with Crippen LogP contribution in [-0.2, 0) is 11.3 Å². The summed E-state index contributed by atoms with van der Waals surface area (Å²) in [7, 11) is 0. The number of nitrogens with zero attached hydrogens (tertiary/aromatic N) is 3. The van der Waals surface area contributed by atoms with E-state index in [0.29, 0.717) is 38.6 Å². The van der Waals surface area contributed by atoms with Gasteiger partial charge >= 0.3 is 0 Å². The number of halogens is 1. The predicted octanol–water partition coefficient (Wildman–Crippen LogP) is 2.85. The first kappa shape index (κ1) is 21.4. The molecular weight excluding hydrogens is 395 g/mol. The first-order valence-electron chi connectivity index (χ1n) is 11.1. The Hall–Kier alpha value is -2.80. The molecule has 1 atom stereocenters. The lowest BCUT2D eigenvalue weighted by Crippen LogP contribution is -2.58. The SMILES string of the molecule is O=C(NCc1cccnc1)C(C1CCCC1)N1CCN(C(=O)c2ccccc2F)CC1. The number of aromatic nitrogens is 1. The topological polar surface area (TPSA) is 65.5 Å². The maximum Gasteiger partial charge on any atom is 0.256 e. The van der Waals surface area contributed by atoms with E-state index in [9.17, 15) is 14.0 Å². The Bertz CT molecular complexity index is 893. The van der Waals surface area contributed by atoms with Crippen LogP contribution in [0.1, 0.15) is 41.6 Å². The molecule has 2 aromatic rings. The molecule has 1 aromatic heterocycles. The van der Waals surface area contributed by atoms with E-state index in [1.165, 1.54) is 12.1 Å². The van der Waals surface area contributed by atoms with Gasteiger partial charge in [-0.05, 0) is 42.5 Å². The largest absolute Gasteiger partial charge is 0.351 e. The molecule has 164 valence electrons. The second kappa shape index (κ2) is 10.0. The maximum atomic E-state index is 14.0. The number of amides is 2. The fraction of sp³-hybridized carbons (Fsp3) is 0.458. The number of rotatable bonds is 6. The zero-order valence-electron chi connectivity index (χ0n) is 17.7. The minimum atomic E-state index is -0.492. The quantitative estimate of drug-likeness (QED) is 0.775. The first-order valence-corrected chi connectivity index (χ1v) is 11.1. The summed E-state index contributed by atoms with van der Waals surface area (Å²) in [4.78, 5) is 33.9. The molecule has 4 rings (SSSR count). The van der Waals surface area contributed by atoms with Crippen LogP contribution in [0.4, 0.5) is 4.39 Å². The fourth-order valence-corrected chi connectivity index (χ4v) is 4.76. The summed E-state index contributed by atoms with van der Waals surface area (Å²) in [5.74, 6) is -0.392. The lowest BCUT2D eigenvalue weighted by molar-refractivity contribution is -0.129. The lowest BCUT2D eigenvalue weighted by atomic mass is 9.95. The van der Waals surface area contributed by atoms with Crippen molar-refractivity contribution < 1.29 is 14.0 Å². The second-order valence-electron chi connectivity index (χ2n) is 8.38. The minimum absolute atomic E-state index is 0.0460. The van der Waals surface area contributed by atoms with Crippen LogP contribution in [0.25, 0.3) is 0 Å². The Kier molecular flexibility index (Phi) is 6.92. The van der Waals surface area contributed by atoms with Gasteiger partial charge in [0.2, 0.25) is 5.91 Å². The van der Waals surface area contributed by atoms with E-state index in [2.05, 4.69) is 15.2 Å². The van der Waals surface area contributed by atoms with Gasteiger partial charge in [-0.25, -0.2) is 4.39 Å². The monoisotopic (exact) mass is 424 g/mol. The van der Waals surface area contributed by atoms with Gasteiger partial charge < -0.3 is 10.2 Å². The Morgan fingerprint density at radius 2 is 1.81 bits per heavy atom. The molecule has 6 nitrogen and oxygen atoms in total. The molecule has 2 aliphatic rings. The molecule has 31 heavy (non-hydrogen) atoms. The molecule has 0 radical (unpaired) electrons. The van der Waals surface area contributed by atoms with Gasteiger partial charge in [0.15, 0.2) is 0 Å². The summed E-state index contributed by atoms with van der Waals surface area (Å²) in [6, 6.07) is 9.72. The van der Waals surface area contributed by atoms with E-state index in [0.717, 1.165) is 31.2 Å². The number of hydrogen-bond acceptors (Lipinski definition) is 4. The number of pyridine rings is 1. The highest BCUT2D eigenvalue weighted by atomic mass is 19.1. The number of carbonyl (C=O) groups is 2. The lowest BCUT2D eigenvalue weighted by Gasteiger charge is -2.40. The Morgan fingerprint density at radius 3 is 2.48 bits per heavy atom. The van der Waals surface area contributed by atoms with Crippen molar-refractivity contribution in [1.82, 2.24) is 20.1 Å². The van der Waals surface area contributed by atoms with Gasteiger partial charge in [-0.2, -0.15) is 0 Å². The van der Waals surface area contributed by atoms with Crippen LogP contribution in [0.2, 0.25) is 0 Å². The Balaban J connectivity index is 1.39. The highest BCUT2D eigenvalue weighted by Gasteiger charge is 2.37. The van der Waals surface area contributed by atoms with Crippen molar-refractivity contribution in [2.24, 2.45) is 5.92 Å². The van der Waals surface area contributed by atoms with Crippen molar-refractivity contribution >= 4 is 11.8 Å². The summed E-state index contributed by atoms with van der Waals surface area (Å²) in [6.07, 6.45) is 7.90. The van der Waals surface area contributed by atoms with Gasteiger partial charge in [-0.3, -0.25) is 19.5 Å². The number of carbonyl (C=O) groups excluding carboxylic acids is 2. The average molecular weight is 425 g/mol. The standard InChI is InChI=1S/C24H29FN4O2/c25-21-10-4-3-9-20(21)24(31)29-14-12-28(13-15-29)22(19-7-1-2-8-19)23(30)27-17-18-6-5-11-26-16-18/h3-6,9-11,16,19,22H,1-2,7-8,12-15,17H2,(H,27,30). The van der Waals surface area contributed by atoms with Crippen LogP contribution < -0.4 is 5.32 Å². The molecule has 1 saturated heterocycles. The van der Waals surface area contributed by atoms with Crippen molar-refractivity contribution in [2.45, 2.75) is 38.3 Å². The van der Waals surface area contributed by atoms with Crippen LogP contribution in [0.15, 0.2) is 48.8 Å². The molecule has 2 heterocycles. The zero-order valence-corrected chi connectivity index (χ0v) is 17.7. The highest BCUT2D eigenvalue weighted by Crippen LogP contribution is 2.31. The molecule has 2 amide bonds. The van der Waals surface area contributed by atoms with Gasteiger partial charge in [0.25, 0.3) is 5.91 Å². The third-order valence-electron chi connectivity index (χ3n) is 6.40.